The molecule has 7 atom stereocenters. The topological polar surface area (TPSA) is 195 Å². The fourth-order valence-electron chi connectivity index (χ4n) is 8.25. The van der Waals surface area contributed by atoms with Crippen molar-refractivity contribution in [3.8, 4) is 11.6 Å². The number of methoxy groups -OCH3 is 1. The molecule has 2 aliphatic heterocycles. The van der Waals surface area contributed by atoms with Crippen LogP contribution in [0.4, 0.5) is 13.6 Å². The number of amides is 4. The van der Waals surface area contributed by atoms with Crippen molar-refractivity contribution in [2.45, 2.75) is 133 Å². The number of aryl methyl sites for hydroxylation is 1. The van der Waals surface area contributed by atoms with Gasteiger partial charge in [0.05, 0.1) is 35.4 Å². The van der Waals surface area contributed by atoms with Gasteiger partial charge < -0.3 is 29.7 Å². The molecule has 4 saturated carbocycles. The monoisotopic (exact) mass is 852 g/mol. The summed E-state index contributed by atoms with van der Waals surface area (Å²) >= 11 is 0. The zero-order chi connectivity index (χ0) is 42.4. The van der Waals surface area contributed by atoms with Gasteiger partial charge >= 0.3 is 6.09 Å². The SMILES string of the molecule is CC(C)C.COc1ccc2nc3c(nc2c1)OC1CN(C(=O)CNC(=O)O[C@@H]2C[C@H]2CCCCC3)[C@H](C(=O)N[C@]2(C(=O)NS(=O)(=O)C3(C)CC3)C[C@H]2C(F)F)[C@@H]1C1CC1.[HH].[HH].[HH]. The van der Waals surface area contributed by atoms with E-state index < -0.39 is 87.5 Å². The number of ether oxygens (including phenoxy) is 3. The van der Waals surface area contributed by atoms with Gasteiger partial charge in [-0.3, -0.25) is 19.1 Å². The zero-order valence-electron chi connectivity index (χ0n) is 34.3. The highest BCUT2D eigenvalue weighted by Crippen LogP contribution is 2.51. The molecule has 59 heavy (non-hydrogen) atoms. The number of aromatic nitrogens is 2. The third-order valence-electron chi connectivity index (χ3n) is 12.3. The number of rotatable bonds is 8. The maximum atomic E-state index is 14.5. The van der Waals surface area contributed by atoms with Crippen LogP contribution in [0.3, 0.4) is 0 Å². The van der Waals surface area contributed by atoms with Crippen LogP contribution in [0.15, 0.2) is 18.2 Å². The van der Waals surface area contributed by atoms with Crippen LogP contribution in [0.25, 0.3) is 11.0 Å². The molecule has 1 unspecified atom stereocenters. The van der Waals surface area contributed by atoms with Crippen LogP contribution >= 0.6 is 0 Å². The van der Waals surface area contributed by atoms with Gasteiger partial charge in [0.1, 0.15) is 41.8 Å². The van der Waals surface area contributed by atoms with E-state index in [0.29, 0.717) is 54.6 Å². The van der Waals surface area contributed by atoms with Gasteiger partial charge in [-0.1, -0.05) is 33.6 Å². The lowest BCUT2D eigenvalue weighted by molar-refractivity contribution is -0.140. The molecule has 4 aliphatic carbocycles. The first-order valence-corrected chi connectivity index (χ1v) is 22.4. The number of halogens is 2. The summed E-state index contributed by atoms with van der Waals surface area (Å²) in [5, 5.41) is 5.01. The van der Waals surface area contributed by atoms with Crippen LogP contribution in [-0.4, -0.2) is 102 Å². The first-order chi connectivity index (χ1) is 27.9. The molecule has 1 aromatic heterocycles. The average Bonchev–Trinajstić information content (AvgIpc) is 3.98. The van der Waals surface area contributed by atoms with E-state index in [4.69, 9.17) is 24.2 Å². The van der Waals surface area contributed by atoms with E-state index in [0.717, 1.165) is 38.0 Å². The van der Waals surface area contributed by atoms with Gasteiger partial charge in [0.25, 0.3) is 5.91 Å². The van der Waals surface area contributed by atoms with Crippen molar-refractivity contribution in [3.05, 3.63) is 23.9 Å². The Morgan fingerprint density at radius 1 is 1.02 bits per heavy atom. The summed E-state index contributed by atoms with van der Waals surface area (Å²) in [6, 6.07) is 4.02. The van der Waals surface area contributed by atoms with Crippen molar-refractivity contribution in [1.82, 2.24) is 30.2 Å². The zero-order valence-corrected chi connectivity index (χ0v) is 35.1. The van der Waals surface area contributed by atoms with Gasteiger partial charge in [-0.15, -0.1) is 0 Å². The van der Waals surface area contributed by atoms with Crippen LogP contribution in [0.2, 0.25) is 0 Å². The molecule has 6 aliphatic rings. The van der Waals surface area contributed by atoms with E-state index in [9.17, 15) is 36.4 Å². The van der Waals surface area contributed by atoms with Crippen LogP contribution in [0.1, 0.15) is 102 Å². The fraction of sp³-hybridized carbons (Fsp3) is 0.707. The molecule has 0 radical (unpaired) electrons. The Morgan fingerprint density at radius 2 is 1.75 bits per heavy atom. The smallest absolute Gasteiger partial charge is 0.407 e. The summed E-state index contributed by atoms with van der Waals surface area (Å²) in [6.45, 7) is 7.31. The Morgan fingerprint density at radius 3 is 2.39 bits per heavy atom. The van der Waals surface area contributed by atoms with Crippen molar-refractivity contribution in [1.29, 1.82) is 0 Å². The van der Waals surface area contributed by atoms with E-state index in [-0.39, 0.29) is 34.6 Å². The fourth-order valence-corrected chi connectivity index (χ4v) is 9.57. The highest BCUT2D eigenvalue weighted by Gasteiger charge is 2.68. The minimum atomic E-state index is -4.22. The minimum absolute atomic E-state index is 0. The second kappa shape index (κ2) is 16.6. The van der Waals surface area contributed by atoms with E-state index in [2.05, 4.69) is 31.4 Å². The summed E-state index contributed by atoms with van der Waals surface area (Å²) in [4.78, 5) is 65.8. The second-order valence-electron chi connectivity index (χ2n) is 18.0. The van der Waals surface area contributed by atoms with Crippen LogP contribution in [0.5, 0.6) is 11.6 Å². The van der Waals surface area contributed by atoms with Gasteiger partial charge in [-0.25, -0.2) is 32.0 Å². The van der Waals surface area contributed by atoms with E-state index in [1.807, 2.05) is 10.8 Å². The van der Waals surface area contributed by atoms with Gasteiger partial charge in [-0.05, 0) is 94.6 Å². The van der Waals surface area contributed by atoms with Crippen LogP contribution in [-0.2, 0) is 35.6 Å². The Kier molecular flexibility index (Phi) is 12.0. The Bertz CT molecular complexity index is 2080. The summed E-state index contributed by atoms with van der Waals surface area (Å²) in [6.07, 6.45) is 1.39. The molecule has 15 nitrogen and oxygen atoms in total. The molecule has 0 spiro atoms. The van der Waals surface area contributed by atoms with E-state index >= 15 is 0 Å². The van der Waals surface area contributed by atoms with Crippen molar-refractivity contribution < 1.29 is 54.9 Å². The summed E-state index contributed by atoms with van der Waals surface area (Å²) in [5.74, 6) is -3.34. The summed E-state index contributed by atoms with van der Waals surface area (Å²) in [5.41, 5.74) is -0.451. The normalized spacial score (nSPS) is 30.2. The van der Waals surface area contributed by atoms with E-state index in [1.165, 1.54) is 11.8 Å². The number of nitrogens with zero attached hydrogens (tertiary/aromatic N) is 3. The summed E-state index contributed by atoms with van der Waals surface area (Å²) < 4.78 is 72.9. The first-order valence-electron chi connectivity index (χ1n) is 20.9. The molecule has 1 aromatic carbocycles. The average molecular weight is 853 g/mol. The predicted octanol–water partition coefficient (Wildman–Crippen LogP) is 5.39. The van der Waals surface area contributed by atoms with Crippen LogP contribution < -0.4 is 24.8 Å². The van der Waals surface area contributed by atoms with Gasteiger partial charge in [-0.2, -0.15) is 0 Å². The highest BCUT2D eigenvalue weighted by atomic mass is 32.2. The third kappa shape index (κ3) is 9.36. The maximum absolute atomic E-state index is 14.5. The number of nitrogens with one attached hydrogen (secondary N) is 3. The quantitative estimate of drug-likeness (QED) is 0.308. The lowest BCUT2D eigenvalue weighted by atomic mass is 9.91. The molecule has 18 heteroatoms. The van der Waals surface area contributed by atoms with Crippen LogP contribution in [0, 0.1) is 29.6 Å². The molecule has 5 fully saturated rings. The number of hydrogen-bond acceptors (Lipinski definition) is 11. The van der Waals surface area contributed by atoms with E-state index in [1.54, 1.807) is 19.2 Å². The Labute approximate surface area is 348 Å². The number of hydrogen-bond donors (Lipinski definition) is 3. The molecule has 3 heterocycles. The molecular formula is C41H62F2N6O9S. The molecule has 4 amide bonds. The van der Waals surface area contributed by atoms with Crippen molar-refractivity contribution >= 4 is 44.9 Å². The number of carbonyl (C=O) groups is 4. The van der Waals surface area contributed by atoms with Gasteiger partial charge in [0.15, 0.2) is 0 Å². The molecule has 3 N–H and O–H groups in total. The lowest BCUT2D eigenvalue weighted by Crippen LogP contribution is -2.59. The molecular weight excluding hydrogens is 791 g/mol. The number of benzene rings is 1. The molecule has 330 valence electrons. The second-order valence-corrected chi connectivity index (χ2v) is 20.2. The summed E-state index contributed by atoms with van der Waals surface area (Å²) in [7, 11) is -2.68. The molecule has 1 saturated heterocycles. The number of sulfonamides is 1. The van der Waals surface area contributed by atoms with Crippen molar-refractivity contribution in [2.75, 3.05) is 20.2 Å². The first kappa shape index (κ1) is 42.8. The van der Waals surface area contributed by atoms with Gasteiger partial charge in [0, 0.05) is 16.3 Å². The van der Waals surface area contributed by atoms with Gasteiger partial charge in [0.2, 0.25) is 34.1 Å². The molecule has 2 bridgehead atoms. The standard InChI is InChI=1S/C37H46F2N6O9S.C4H10.3H2/c1-36(12-13-36)55(50,51)44-34(48)37(16-22(37)31(38)39)43-32(47)30-29(19-8-9-19)27-18-45(30)28(46)17-40-35(49)54-26-14-20(26)6-4-3-5-7-24-33(53-27)42-25-15-21(52-2)10-11-23(25)41-24;1-4(2)3;;;/h10-11,15,19-20,22,26-27,29-31H,3-9,12-14,16-18H2,1-2H3,(H,40,49)(H,43,47)(H,44,48);4H,1-3H3;3*1H/t20-,22+,26-,27?,29-,30+,37-;;;;/m1..../s1. The largest absolute Gasteiger partial charge is 0.497 e. The number of alkyl carbamates (subject to hydrolysis) is 1. The minimum Gasteiger partial charge on any atom is -0.497 e. The number of carbonyl (C=O) groups excluding carboxylic acids is 4. The maximum Gasteiger partial charge on any atom is 0.407 e. The third-order valence-corrected chi connectivity index (χ3v) is 14.5. The molecule has 8 rings (SSSR count). The number of fused-ring (bicyclic) bond motifs is 5. The lowest BCUT2D eigenvalue weighted by Gasteiger charge is -2.30. The number of alkyl halides is 2. The Hall–Kier alpha value is -4.35. The van der Waals surface area contributed by atoms with Crippen molar-refractivity contribution in [2.24, 2.45) is 29.6 Å². The van der Waals surface area contributed by atoms with Crippen molar-refractivity contribution in [3.63, 3.8) is 0 Å². The Balaban J connectivity index is 0.00000116. The highest BCUT2D eigenvalue weighted by molar-refractivity contribution is 7.91. The predicted molar refractivity (Wildman–Crippen MR) is 217 cm³/mol. The molecule has 2 aromatic rings.